The first-order valence-electron chi connectivity index (χ1n) is 9.41. The molecule has 0 aliphatic carbocycles. The van der Waals surface area contributed by atoms with Crippen LogP contribution < -0.4 is 14.9 Å². The molecule has 0 aromatic heterocycles. The molecule has 0 heterocycles. The molecule has 3 rings (SSSR count). The highest BCUT2D eigenvalue weighted by Crippen LogP contribution is 2.24. The van der Waals surface area contributed by atoms with Crippen molar-refractivity contribution in [2.24, 2.45) is 5.10 Å². The fourth-order valence-corrected chi connectivity index (χ4v) is 3.36. The first-order chi connectivity index (χ1) is 15.5. The molecular weight excluding hydrogens is 540 g/mol. The number of benzene rings is 3. The molecule has 0 radical (unpaired) electrons. The van der Waals surface area contributed by atoms with E-state index in [0.717, 1.165) is 8.95 Å². The number of hydrazone groups is 1. The van der Waals surface area contributed by atoms with Gasteiger partial charge in [0.25, 0.3) is 5.91 Å². The van der Waals surface area contributed by atoms with Crippen LogP contribution in [0.25, 0.3) is 0 Å². The smallest absolute Gasteiger partial charge is 0.343 e. The fourth-order valence-electron chi connectivity index (χ4n) is 2.62. The Hall–Kier alpha value is -3.23. The van der Waals surface area contributed by atoms with E-state index in [-0.39, 0.29) is 6.61 Å². The van der Waals surface area contributed by atoms with Crippen LogP contribution in [0.2, 0.25) is 0 Å². The van der Waals surface area contributed by atoms with E-state index in [1.807, 2.05) is 6.07 Å². The predicted molar refractivity (Wildman–Crippen MR) is 130 cm³/mol. The molecule has 1 N–H and O–H groups in total. The van der Waals surface area contributed by atoms with Crippen molar-refractivity contribution in [1.82, 2.24) is 5.43 Å². The second-order valence-corrected chi connectivity index (χ2v) is 8.21. The van der Waals surface area contributed by atoms with Crippen LogP contribution in [-0.2, 0) is 0 Å². The van der Waals surface area contributed by atoms with Crippen molar-refractivity contribution in [2.45, 2.75) is 0 Å². The third-order valence-electron chi connectivity index (χ3n) is 4.10. The number of nitrogens with zero attached hydrogens (tertiary/aromatic N) is 1. The lowest BCUT2D eigenvalue weighted by Crippen LogP contribution is -2.19. The molecule has 6 nitrogen and oxygen atoms in total. The van der Waals surface area contributed by atoms with E-state index >= 15 is 0 Å². The minimum Gasteiger partial charge on any atom is -0.489 e. The zero-order valence-electron chi connectivity index (χ0n) is 16.8. The van der Waals surface area contributed by atoms with Crippen molar-refractivity contribution >= 4 is 50.0 Å². The van der Waals surface area contributed by atoms with Gasteiger partial charge in [-0.25, -0.2) is 10.2 Å². The average Bonchev–Trinajstić information content (AvgIpc) is 2.80. The average molecular weight is 558 g/mol. The molecule has 0 saturated heterocycles. The van der Waals surface area contributed by atoms with Crippen molar-refractivity contribution in [2.75, 3.05) is 6.61 Å². The van der Waals surface area contributed by atoms with Gasteiger partial charge in [0.05, 0.1) is 17.3 Å². The number of hydrogen-bond donors (Lipinski definition) is 1. The lowest BCUT2D eigenvalue weighted by atomic mass is 10.2. The Balaban J connectivity index is 1.76. The number of amides is 1. The van der Waals surface area contributed by atoms with Gasteiger partial charge in [-0.3, -0.25) is 4.79 Å². The summed E-state index contributed by atoms with van der Waals surface area (Å²) in [5.41, 5.74) is 3.71. The van der Waals surface area contributed by atoms with E-state index < -0.39 is 11.9 Å². The zero-order valence-corrected chi connectivity index (χ0v) is 19.9. The second-order valence-electron chi connectivity index (χ2n) is 6.38. The highest BCUT2D eigenvalue weighted by atomic mass is 79.9. The Morgan fingerprint density at radius 3 is 2.38 bits per heavy atom. The quantitative estimate of drug-likeness (QED) is 0.126. The van der Waals surface area contributed by atoms with Crippen molar-refractivity contribution in [1.29, 1.82) is 0 Å². The van der Waals surface area contributed by atoms with Gasteiger partial charge < -0.3 is 9.47 Å². The molecule has 8 heteroatoms. The first kappa shape index (κ1) is 23.4. The molecule has 0 fully saturated rings. The Morgan fingerprint density at radius 1 is 0.969 bits per heavy atom. The van der Waals surface area contributed by atoms with Gasteiger partial charge in [0, 0.05) is 14.5 Å². The van der Waals surface area contributed by atoms with Gasteiger partial charge in [-0.05, 0) is 48.5 Å². The lowest BCUT2D eigenvalue weighted by molar-refractivity contribution is 0.0734. The largest absolute Gasteiger partial charge is 0.489 e. The third-order valence-corrected chi connectivity index (χ3v) is 5.08. The highest BCUT2D eigenvalue weighted by molar-refractivity contribution is 9.10. The van der Waals surface area contributed by atoms with Crippen molar-refractivity contribution < 1.29 is 19.1 Å². The predicted octanol–water partition coefficient (Wildman–Crippen LogP) is 5.76. The number of rotatable bonds is 8. The van der Waals surface area contributed by atoms with Crippen LogP contribution in [0.3, 0.4) is 0 Å². The van der Waals surface area contributed by atoms with Crippen molar-refractivity contribution in [3.8, 4) is 11.5 Å². The SMILES string of the molecule is C=CCOc1ccc(Br)cc1C(=O)N/N=C/c1cc(Br)ccc1OC(=O)c1ccccc1. The molecule has 3 aromatic carbocycles. The summed E-state index contributed by atoms with van der Waals surface area (Å²) in [6.07, 6.45) is 2.99. The summed E-state index contributed by atoms with van der Waals surface area (Å²) in [6.45, 7) is 3.87. The summed E-state index contributed by atoms with van der Waals surface area (Å²) >= 11 is 6.74. The molecule has 0 aliphatic heterocycles. The Labute approximate surface area is 202 Å². The summed E-state index contributed by atoms with van der Waals surface area (Å²) in [6, 6.07) is 18.9. The summed E-state index contributed by atoms with van der Waals surface area (Å²) in [7, 11) is 0. The van der Waals surface area contributed by atoms with E-state index in [1.54, 1.807) is 66.7 Å². The van der Waals surface area contributed by atoms with Gasteiger partial charge in [-0.1, -0.05) is 62.7 Å². The maximum Gasteiger partial charge on any atom is 0.343 e. The molecule has 3 aromatic rings. The Bertz CT molecular complexity index is 1160. The van der Waals surface area contributed by atoms with E-state index in [4.69, 9.17) is 9.47 Å². The first-order valence-corrected chi connectivity index (χ1v) is 11.0. The molecule has 1 amide bonds. The Kier molecular flexibility index (Phi) is 8.35. The lowest BCUT2D eigenvalue weighted by Gasteiger charge is -2.10. The van der Waals surface area contributed by atoms with E-state index in [2.05, 4.69) is 49.0 Å². The fraction of sp³-hybridized carbons (Fsp3) is 0.0417. The number of nitrogens with one attached hydrogen (secondary N) is 1. The second kappa shape index (κ2) is 11.4. The number of hydrogen-bond acceptors (Lipinski definition) is 5. The maximum atomic E-state index is 12.6. The molecule has 0 atom stereocenters. The summed E-state index contributed by atoms with van der Waals surface area (Å²) < 4.78 is 12.5. The molecule has 0 saturated carbocycles. The molecule has 32 heavy (non-hydrogen) atoms. The summed E-state index contributed by atoms with van der Waals surface area (Å²) in [5.74, 6) is -0.248. The molecule has 162 valence electrons. The molecule has 0 unspecified atom stereocenters. The number of esters is 1. The van der Waals surface area contributed by atoms with Crippen LogP contribution >= 0.6 is 31.9 Å². The van der Waals surface area contributed by atoms with Gasteiger partial charge in [-0.2, -0.15) is 5.10 Å². The standard InChI is InChI=1S/C24H18Br2N2O4/c1-2-12-31-22-11-9-19(26)14-20(22)23(29)28-27-15-17-13-18(25)8-10-21(17)32-24(30)16-6-4-3-5-7-16/h2-11,13-15H,1,12H2,(H,28,29)/b27-15+. The number of ether oxygens (including phenoxy) is 2. The molecule has 0 spiro atoms. The van der Waals surface area contributed by atoms with Gasteiger partial charge >= 0.3 is 5.97 Å². The zero-order chi connectivity index (χ0) is 22.9. The monoisotopic (exact) mass is 556 g/mol. The van der Waals surface area contributed by atoms with E-state index in [9.17, 15) is 9.59 Å². The third kappa shape index (κ3) is 6.38. The van der Waals surface area contributed by atoms with Crippen molar-refractivity contribution in [3.05, 3.63) is 105 Å². The number of halogens is 2. The van der Waals surface area contributed by atoms with Crippen LogP contribution in [0.4, 0.5) is 0 Å². The molecular formula is C24H18Br2N2O4. The van der Waals surface area contributed by atoms with Crippen LogP contribution in [0, 0.1) is 0 Å². The summed E-state index contributed by atoms with van der Waals surface area (Å²) in [4.78, 5) is 25.0. The topological polar surface area (TPSA) is 77.0 Å². The van der Waals surface area contributed by atoms with Gasteiger partial charge in [-0.15, -0.1) is 0 Å². The minimum absolute atomic E-state index is 0.263. The van der Waals surface area contributed by atoms with Crippen LogP contribution in [-0.4, -0.2) is 24.7 Å². The van der Waals surface area contributed by atoms with Gasteiger partial charge in [0.15, 0.2) is 0 Å². The van der Waals surface area contributed by atoms with Crippen LogP contribution in [0.1, 0.15) is 26.3 Å². The van der Waals surface area contributed by atoms with Crippen LogP contribution in [0.15, 0.2) is 93.4 Å². The summed E-state index contributed by atoms with van der Waals surface area (Å²) in [5, 5.41) is 4.02. The van der Waals surface area contributed by atoms with E-state index in [0.29, 0.717) is 28.2 Å². The highest BCUT2D eigenvalue weighted by Gasteiger charge is 2.14. The Morgan fingerprint density at radius 2 is 1.66 bits per heavy atom. The number of carbonyl (C=O) groups excluding carboxylic acids is 2. The normalized spacial score (nSPS) is 10.6. The molecule has 0 aliphatic rings. The van der Waals surface area contributed by atoms with Gasteiger partial charge in [0.1, 0.15) is 18.1 Å². The minimum atomic E-state index is -0.496. The van der Waals surface area contributed by atoms with Crippen molar-refractivity contribution in [3.63, 3.8) is 0 Å². The van der Waals surface area contributed by atoms with Gasteiger partial charge in [0.2, 0.25) is 0 Å². The molecule has 0 bridgehead atoms. The maximum absolute atomic E-state index is 12.6. The van der Waals surface area contributed by atoms with E-state index in [1.165, 1.54) is 6.21 Å². The van der Waals surface area contributed by atoms with Crippen LogP contribution in [0.5, 0.6) is 11.5 Å². The number of carbonyl (C=O) groups is 2.